The molecule has 2 saturated carbocycles. The van der Waals surface area contributed by atoms with Gasteiger partial charge in [0.25, 0.3) is 0 Å². The Kier molecular flexibility index (Phi) is 4.13. The third kappa shape index (κ3) is 2.63. The summed E-state index contributed by atoms with van der Waals surface area (Å²) < 4.78 is 11.4. The molecule has 3 heteroatoms. The molecule has 0 aromatic carbocycles. The van der Waals surface area contributed by atoms with Crippen molar-refractivity contribution in [3.05, 3.63) is 23.2 Å². The standard InChI is InChI=1S/C17H24O3/c1-2-19-17(18)14-11-15(12-7-3-4-8-12)20-16(14)13-9-5-6-10-13/h11-13H,2-10H2,1H3. The van der Waals surface area contributed by atoms with Crippen LogP contribution in [-0.4, -0.2) is 12.6 Å². The fourth-order valence-corrected chi connectivity index (χ4v) is 3.70. The number of hydrogen-bond donors (Lipinski definition) is 0. The Bertz CT molecular complexity index is 463. The van der Waals surface area contributed by atoms with Crippen molar-refractivity contribution in [2.45, 2.75) is 70.1 Å². The number of carbonyl (C=O) groups is 1. The molecule has 0 atom stereocenters. The first kappa shape index (κ1) is 13.7. The maximum atomic E-state index is 12.2. The van der Waals surface area contributed by atoms with Gasteiger partial charge in [-0.1, -0.05) is 25.7 Å². The van der Waals surface area contributed by atoms with E-state index in [1.807, 2.05) is 13.0 Å². The lowest BCUT2D eigenvalue weighted by molar-refractivity contribution is 0.0523. The zero-order valence-corrected chi connectivity index (χ0v) is 12.3. The van der Waals surface area contributed by atoms with Crippen molar-refractivity contribution in [1.82, 2.24) is 0 Å². The summed E-state index contributed by atoms with van der Waals surface area (Å²) in [6.45, 7) is 2.28. The second kappa shape index (κ2) is 6.02. The van der Waals surface area contributed by atoms with Gasteiger partial charge in [0.05, 0.1) is 6.61 Å². The Morgan fingerprint density at radius 1 is 1.15 bits per heavy atom. The largest absolute Gasteiger partial charge is 0.465 e. The molecule has 3 rings (SSSR count). The van der Waals surface area contributed by atoms with Crippen molar-refractivity contribution in [1.29, 1.82) is 0 Å². The molecule has 20 heavy (non-hydrogen) atoms. The maximum Gasteiger partial charge on any atom is 0.341 e. The van der Waals surface area contributed by atoms with Crippen molar-refractivity contribution >= 4 is 5.97 Å². The van der Waals surface area contributed by atoms with E-state index in [9.17, 15) is 4.79 Å². The Morgan fingerprint density at radius 3 is 2.35 bits per heavy atom. The molecule has 110 valence electrons. The predicted molar refractivity (Wildman–Crippen MR) is 77.1 cm³/mol. The molecular formula is C17H24O3. The quantitative estimate of drug-likeness (QED) is 0.743. The van der Waals surface area contributed by atoms with Gasteiger partial charge < -0.3 is 9.15 Å². The van der Waals surface area contributed by atoms with E-state index in [1.54, 1.807) is 0 Å². The minimum absolute atomic E-state index is 0.206. The van der Waals surface area contributed by atoms with Crippen LogP contribution in [0.5, 0.6) is 0 Å². The molecule has 0 aliphatic heterocycles. The summed E-state index contributed by atoms with van der Waals surface area (Å²) in [4.78, 5) is 12.2. The average molecular weight is 276 g/mol. The molecule has 0 N–H and O–H groups in total. The van der Waals surface area contributed by atoms with Crippen LogP contribution < -0.4 is 0 Å². The van der Waals surface area contributed by atoms with E-state index >= 15 is 0 Å². The van der Waals surface area contributed by atoms with E-state index in [0.717, 1.165) is 24.4 Å². The second-order valence-corrected chi connectivity index (χ2v) is 6.11. The molecule has 0 bridgehead atoms. The minimum atomic E-state index is -0.206. The number of rotatable bonds is 4. The van der Waals surface area contributed by atoms with E-state index in [1.165, 1.54) is 38.5 Å². The third-order valence-electron chi connectivity index (χ3n) is 4.76. The summed E-state index contributed by atoms with van der Waals surface area (Å²) in [5.41, 5.74) is 0.695. The molecule has 0 unspecified atom stereocenters. The zero-order valence-electron chi connectivity index (χ0n) is 12.3. The van der Waals surface area contributed by atoms with Gasteiger partial charge in [0.1, 0.15) is 17.1 Å². The zero-order chi connectivity index (χ0) is 13.9. The lowest BCUT2D eigenvalue weighted by Crippen LogP contribution is -2.07. The van der Waals surface area contributed by atoms with Gasteiger partial charge in [0.2, 0.25) is 0 Å². The number of furan rings is 1. The summed E-state index contributed by atoms with van der Waals surface area (Å²) in [5, 5.41) is 0. The normalized spacial score (nSPS) is 20.6. The molecule has 2 fully saturated rings. The van der Waals surface area contributed by atoms with E-state index < -0.39 is 0 Å². The number of ether oxygens (including phenoxy) is 1. The first-order chi connectivity index (χ1) is 9.79. The van der Waals surface area contributed by atoms with Crippen LogP contribution in [-0.2, 0) is 4.74 Å². The third-order valence-corrected chi connectivity index (χ3v) is 4.76. The van der Waals surface area contributed by atoms with Gasteiger partial charge in [-0.25, -0.2) is 4.79 Å². The van der Waals surface area contributed by atoms with Gasteiger partial charge in [0, 0.05) is 11.8 Å². The van der Waals surface area contributed by atoms with Crippen molar-refractivity contribution in [2.75, 3.05) is 6.61 Å². The summed E-state index contributed by atoms with van der Waals surface area (Å²) in [5.74, 6) is 2.65. The number of carbonyl (C=O) groups excluding carboxylic acids is 1. The van der Waals surface area contributed by atoms with Crippen molar-refractivity contribution in [2.24, 2.45) is 0 Å². The highest BCUT2D eigenvalue weighted by Gasteiger charge is 2.30. The molecule has 1 heterocycles. The van der Waals surface area contributed by atoms with Crippen LogP contribution in [0.2, 0.25) is 0 Å². The Hall–Kier alpha value is -1.25. The van der Waals surface area contributed by atoms with Crippen LogP contribution in [0.3, 0.4) is 0 Å². The van der Waals surface area contributed by atoms with Crippen LogP contribution in [0, 0.1) is 0 Å². The fourth-order valence-electron chi connectivity index (χ4n) is 3.70. The number of esters is 1. The highest BCUT2D eigenvalue weighted by atomic mass is 16.5. The lowest BCUT2D eigenvalue weighted by Gasteiger charge is -2.09. The lowest BCUT2D eigenvalue weighted by atomic mass is 10.0. The molecule has 0 radical (unpaired) electrons. The van der Waals surface area contributed by atoms with Gasteiger partial charge in [0.15, 0.2) is 0 Å². The smallest absolute Gasteiger partial charge is 0.341 e. The first-order valence-electron chi connectivity index (χ1n) is 8.10. The van der Waals surface area contributed by atoms with Gasteiger partial charge in [-0.15, -0.1) is 0 Å². The van der Waals surface area contributed by atoms with Crippen molar-refractivity contribution in [3.8, 4) is 0 Å². The Balaban J connectivity index is 1.89. The summed E-state index contributed by atoms with van der Waals surface area (Å²) in [6.07, 6.45) is 9.71. The minimum Gasteiger partial charge on any atom is -0.465 e. The second-order valence-electron chi connectivity index (χ2n) is 6.11. The molecule has 3 nitrogen and oxygen atoms in total. The molecule has 1 aromatic heterocycles. The maximum absolute atomic E-state index is 12.2. The van der Waals surface area contributed by atoms with Crippen LogP contribution in [0.1, 0.15) is 92.0 Å². The summed E-state index contributed by atoms with van der Waals surface area (Å²) >= 11 is 0. The van der Waals surface area contributed by atoms with Gasteiger partial charge in [-0.05, 0) is 38.7 Å². The first-order valence-corrected chi connectivity index (χ1v) is 8.10. The van der Waals surface area contributed by atoms with Crippen LogP contribution >= 0.6 is 0 Å². The van der Waals surface area contributed by atoms with Gasteiger partial charge in [-0.3, -0.25) is 0 Å². The van der Waals surface area contributed by atoms with Gasteiger partial charge in [-0.2, -0.15) is 0 Å². The molecule has 0 amide bonds. The summed E-state index contributed by atoms with van der Waals surface area (Å²) in [7, 11) is 0. The fraction of sp³-hybridized carbons (Fsp3) is 0.706. The molecule has 0 spiro atoms. The van der Waals surface area contributed by atoms with Crippen molar-refractivity contribution in [3.63, 3.8) is 0 Å². The van der Waals surface area contributed by atoms with Crippen LogP contribution in [0.4, 0.5) is 0 Å². The Labute approximate surface area is 120 Å². The molecule has 2 aliphatic rings. The van der Waals surface area contributed by atoms with Crippen LogP contribution in [0.15, 0.2) is 10.5 Å². The molecule has 1 aromatic rings. The van der Waals surface area contributed by atoms with Gasteiger partial charge >= 0.3 is 5.97 Å². The van der Waals surface area contributed by atoms with E-state index in [4.69, 9.17) is 9.15 Å². The van der Waals surface area contributed by atoms with Crippen LogP contribution in [0.25, 0.3) is 0 Å². The van der Waals surface area contributed by atoms with E-state index in [2.05, 4.69) is 0 Å². The monoisotopic (exact) mass is 276 g/mol. The predicted octanol–water partition coefficient (Wildman–Crippen LogP) is 4.77. The molecular weight excluding hydrogens is 252 g/mol. The van der Waals surface area contributed by atoms with Crippen molar-refractivity contribution < 1.29 is 13.9 Å². The van der Waals surface area contributed by atoms with E-state index in [-0.39, 0.29) is 5.97 Å². The number of hydrogen-bond acceptors (Lipinski definition) is 3. The topological polar surface area (TPSA) is 39.4 Å². The van der Waals surface area contributed by atoms with E-state index in [0.29, 0.717) is 24.0 Å². The highest BCUT2D eigenvalue weighted by molar-refractivity contribution is 5.91. The summed E-state index contributed by atoms with van der Waals surface area (Å²) in [6, 6.07) is 1.97. The average Bonchev–Trinajstić information content (AvgIpc) is 3.19. The molecule has 0 saturated heterocycles. The highest BCUT2D eigenvalue weighted by Crippen LogP contribution is 2.41. The Morgan fingerprint density at radius 2 is 1.75 bits per heavy atom. The molecule has 2 aliphatic carbocycles. The SMILES string of the molecule is CCOC(=O)c1cc(C2CCCC2)oc1C1CCCC1.